The molecule has 0 amide bonds. The first kappa shape index (κ1) is 14.8. The van der Waals surface area contributed by atoms with Crippen LogP contribution in [0.15, 0.2) is 24.3 Å². The molecule has 0 aliphatic rings. The van der Waals surface area contributed by atoms with Crippen molar-refractivity contribution in [3.63, 3.8) is 0 Å². The van der Waals surface area contributed by atoms with Gasteiger partial charge in [0, 0.05) is 5.56 Å². The van der Waals surface area contributed by atoms with Crippen LogP contribution in [0.2, 0.25) is 0 Å². The van der Waals surface area contributed by atoms with Gasteiger partial charge in [0.2, 0.25) is 0 Å². The van der Waals surface area contributed by atoms with Gasteiger partial charge in [-0.05, 0) is 42.9 Å². The predicted octanol–water partition coefficient (Wildman–Crippen LogP) is 4.11. The number of aliphatic hydroxyl groups excluding tert-OH is 1. The van der Waals surface area contributed by atoms with Crippen LogP contribution >= 0.6 is 0 Å². The number of phenolic OH excluding ortho intramolecular Hbond substituents is 1. The molecular formula is C16H24O2. The van der Waals surface area contributed by atoms with Crippen molar-refractivity contribution >= 4 is 5.57 Å². The largest absolute Gasteiger partial charge is 0.507 e. The highest BCUT2D eigenvalue weighted by Gasteiger charge is 2.04. The van der Waals surface area contributed by atoms with Gasteiger partial charge < -0.3 is 10.2 Å². The molecule has 0 saturated heterocycles. The second-order valence-corrected chi connectivity index (χ2v) is 5.22. The third kappa shape index (κ3) is 4.53. The van der Waals surface area contributed by atoms with Crippen LogP contribution in [0.5, 0.6) is 5.75 Å². The molecule has 0 aliphatic heterocycles. The van der Waals surface area contributed by atoms with Crippen molar-refractivity contribution in [2.45, 2.75) is 46.6 Å². The Labute approximate surface area is 110 Å². The van der Waals surface area contributed by atoms with Crippen molar-refractivity contribution in [1.29, 1.82) is 0 Å². The summed E-state index contributed by atoms with van der Waals surface area (Å²) in [4.78, 5) is 0. The average molecular weight is 248 g/mol. The minimum atomic E-state index is -0.0367. The van der Waals surface area contributed by atoms with Gasteiger partial charge in [0.25, 0.3) is 0 Å². The summed E-state index contributed by atoms with van der Waals surface area (Å²) in [5.41, 5.74) is 2.70. The van der Waals surface area contributed by atoms with E-state index in [1.807, 2.05) is 19.1 Å². The van der Waals surface area contributed by atoms with Gasteiger partial charge in [0.05, 0.1) is 6.61 Å². The smallest absolute Gasteiger partial charge is 0.123 e. The summed E-state index contributed by atoms with van der Waals surface area (Å²) in [5.74, 6) is 0.995. The maximum atomic E-state index is 9.89. The summed E-state index contributed by atoms with van der Waals surface area (Å²) < 4.78 is 0. The van der Waals surface area contributed by atoms with Crippen LogP contribution in [0, 0.1) is 5.92 Å². The third-order valence-electron chi connectivity index (χ3n) is 3.11. The first-order valence-electron chi connectivity index (χ1n) is 6.64. The zero-order valence-electron chi connectivity index (χ0n) is 11.6. The summed E-state index contributed by atoms with van der Waals surface area (Å²) >= 11 is 0. The Kier molecular flexibility index (Phi) is 5.93. The van der Waals surface area contributed by atoms with Crippen molar-refractivity contribution in [1.82, 2.24) is 0 Å². The van der Waals surface area contributed by atoms with Crippen LogP contribution in [0.25, 0.3) is 5.57 Å². The van der Waals surface area contributed by atoms with Gasteiger partial charge in [-0.25, -0.2) is 0 Å². The molecule has 0 aliphatic carbocycles. The molecule has 2 heteroatoms. The molecule has 0 saturated carbocycles. The molecule has 0 bridgehead atoms. The Bertz CT molecular complexity index is 406. The summed E-state index contributed by atoms with van der Waals surface area (Å²) in [7, 11) is 0. The van der Waals surface area contributed by atoms with E-state index >= 15 is 0 Å². The number of allylic oxidation sites excluding steroid dienone is 2. The Morgan fingerprint density at radius 2 is 2.06 bits per heavy atom. The summed E-state index contributed by atoms with van der Waals surface area (Å²) in [6, 6.07) is 5.34. The fraction of sp³-hybridized carbons (Fsp3) is 0.500. The van der Waals surface area contributed by atoms with Crippen molar-refractivity contribution in [3.05, 3.63) is 35.4 Å². The van der Waals surface area contributed by atoms with E-state index in [0.717, 1.165) is 29.0 Å². The normalized spacial score (nSPS) is 12.2. The van der Waals surface area contributed by atoms with Crippen molar-refractivity contribution in [3.8, 4) is 5.75 Å². The Balaban J connectivity index is 2.65. The van der Waals surface area contributed by atoms with E-state index in [1.165, 1.54) is 12.8 Å². The molecule has 0 aromatic heterocycles. The van der Waals surface area contributed by atoms with E-state index in [-0.39, 0.29) is 12.4 Å². The first-order valence-corrected chi connectivity index (χ1v) is 6.64. The molecule has 0 fully saturated rings. The molecule has 0 spiro atoms. The first-order chi connectivity index (χ1) is 8.54. The second kappa shape index (κ2) is 7.22. The Morgan fingerprint density at radius 1 is 1.33 bits per heavy atom. The number of aromatic hydroxyl groups is 1. The van der Waals surface area contributed by atoms with Crippen LogP contribution < -0.4 is 0 Å². The topological polar surface area (TPSA) is 40.5 Å². The molecule has 0 atom stereocenters. The summed E-state index contributed by atoms with van der Waals surface area (Å²) in [6.07, 6.45) is 5.64. The monoisotopic (exact) mass is 248 g/mol. The van der Waals surface area contributed by atoms with Crippen molar-refractivity contribution in [2.75, 3.05) is 0 Å². The van der Waals surface area contributed by atoms with Gasteiger partial charge >= 0.3 is 0 Å². The molecule has 0 radical (unpaired) electrons. The molecule has 2 nitrogen and oxygen atoms in total. The maximum Gasteiger partial charge on any atom is 0.123 e. The zero-order chi connectivity index (χ0) is 13.5. The average Bonchev–Trinajstić information content (AvgIpc) is 2.33. The summed E-state index contributed by atoms with van der Waals surface area (Å²) in [5, 5.41) is 18.9. The van der Waals surface area contributed by atoms with E-state index in [1.54, 1.807) is 6.07 Å². The fourth-order valence-electron chi connectivity index (χ4n) is 1.96. The molecular weight excluding hydrogens is 224 g/mol. The quantitative estimate of drug-likeness (QED) is 0.744. The van der Waals surface area contributed by atoms with Crippen LogP contribution in [0.3, 0.4) is 0 Å². The lowest BCUT2D eigenvalue weighted by atomic mass is 10.0. The highest BCUT2D eigenvalue weighted by Crippen LogP contribution is 2.26. The Hall–Kier alpha value is -1.28. The molecule has 1 aromatic rings. The van der Waals surface area contributed by atoms with Gasteiger partial charge in [-0.3, -0.25) is 0 Å². The number of aliphatic hydroxyl groups is 1. The molecule has 0 heterocycles. The van der Waals surface area contributed by atoms with Gasteiger partial charge in [-0.15, -0.1) is 0 Å². The highest BCUT2D eigenvalue weighted by molar-refractivity contribution is 5.69. The molecule has 18 heavy (non-hydrogen) atoms. The van der Waals surface area contributed by atoms with Gasteiger partial charge in [0.1, 0.15) is 5.75 Å². The highest BCUT2D eigenvalue weighted by atomic mass is 16.3. The number of unbranched alkanes of at least 4 members (excludes halogenated alkanes) is 1. The molecule has 100 valence electrons. The minimum absolute atomic E-state index is 0.0367. The number of benzene rings is 1. The lowest BCUT2D eigenvalue weighted by molar-refractivity contribution is 0.281. The van der Waals surface area contributed by atoms with Gasteiger partial charge in [-0.1, -0.05) is 38.5 Å². The third-order valence-corrected chi connectivity index (χ3v) is 3.11. The van der Waals surface area contributed by atoms with Crippen LogP contribution in [0.1, 0.15) is 51.2 Å². The van der Waals surface area contributed by atoms with E-state index in [4.69, 9.17) is 5.11 Å². The van der Waals surface area contributed by atoms with Crippen molar-refractivity contribution in [2.24, 2.45) is 5.92 Å². The fourth-order valence-corrected chi connectivity index (χ4v) is 1.96. The maximum absolute atomic E-state index is 9.89. The van der Waals surface area contributed by atoms with E-state index in [2.05, 4.69) is 19.9 Å². The Morgan fingerprint density at radius 3 is 2.61 bits per heavy atom. The number of hydrogen-bond acceptors (Lipinski definition) is 2. The SMILES string of the molecule is C/C(=C\CCCC(C)C)c1ccc(CO)cc1O. The molecule has 2 N–H and O–H groups in total. The number of hydrogen-bond donors (Lipinski definition) is 2. The molecule has 1 aromatic carbocycles. The van der Waals surface area contributed by atoms with Crippen LogP contribution in [0.4, 0.5) is 0 Å². The molecule has 0 unspecified atom stereocenters. The van der Waals surface area contributed by atoms with Gasteiger partial charge in [0.15, 0.2) is 0 Å². The summed E-state index contributed by atoms with van der Waals surface area (Å²) in [6.45, 7) is 6.44. The number of rotatable bonds is 6. The predicted molar refractivity (Wildman–Crippen MR) is 76.4 cm³/mol. The zero-order valence-corrected chi connectivity index (χ0v) is 11.6. The van der Waals surface area contributed by atoms with E-state index < -0.39 is 0 Å². The van der Waals surface area contributed by atoms with Crippen LogP contribution in [-0.4, -0.2) is 10.2 Å². The lowest BCUT2D eigenvalue weighted by Gasteiger charge is -2.07. The standard InChI is InChI=1S/C16H24O2/c1-12(2)6-4-5-7-13(3)15-9-8-14(11-17)10-16(15)18/h7-10,12,17-18H,4-6,11H2,1-3H3/b13-7+. The molecule has 1 rings (SSSR count). The lowest BCUT2D eigenvalue weighted by Crippen LogP contribution is -1.88. The van der Waals surface area contributed by atoms with Crippen molar-refractivity contribution < 1.29 is 10.2 Å². The van der Waals surface area contributed by atoms with E-state index in [0.29, 0.717) is 0 Å². The minimum Gasteiger partial charge on any atom is -0.507 e. The van der Waals surface area contributed by atoms with Crippen LogP contribution in [-0.2, 0) is 6.61 Å². The van der Waals surface area contributed by atoms with Gasteiger partial charge in [-0.2, -0.15) is 0 Å². The number of phenols is 1. The second-order valence-electron chi connectivity index (χ2n) is 5.22. The van der Waals surface area contributed by atoms with E-state index in [9.17, 15) is 5.11 Å².